The van der Waals surface area contributed by atoms with E-state index in [-0.39, 0.29) is 5.91 Å². The molecular formula is C21H19N5O2S. The molecule has 4 aromatic rings. The molecule has 7 nitrogen and oxygen atoms in total. The van der Waals surface area contributed by atoms with E-state index in [2.05, 4.69) is 20.8 Å². The van der Waals surface area contributed by atoms with Crippen LogP contribution in [0.15, 0.2) is 66.0 Å². The Balaban J connectivity index is 1.39. The molecule has 0 bridgehead atoms. The number of hydrogen-bond donors (Lipinski definition) is 2. The average Bonchev–Trinajstić information content (AvgIpc) is 3.41. The molecule has 4 rings (SSSR count). The number of carbonyl (C=O) groups is 1. The maximum atomic E-state index is 12.5. The minimum Gasteiger partial charge on any atom is -0.383 e. The number of aryl methyl sites for hydroxylation is 1. The summed E-state index contributed by atoms with van der Waals surface area (Å²) in [6, 6.07) is 18.3. The molecule has 0 aliphatic heterocycles. The van der Waals surface area contributed by atoms with Gasteiger partial charge >= 0.3 is 0 Å². The molecule has 0 fully saturated rings. The monoisotopic (exact) mass is 405 g/mol. The number of hydrogen-bond acceptors (Lipinski definition) is 6. The zero-order chi connectivity index (χ0) is 20.2. The number of nitrogens with zero attached hydrogens (tertiary/aromatic N) is 4. The lowest BCUT2D eigenvalue weighted by Gasteiger charge is -2.11. The average molecular weight is 405 g/mol. The van der Waals surface area contributed by atoms with E-state index in [0.717, 1.165) is 21.8 Å². The first-order valence-electron chi connectivity index (χ1n) is 9.04. The summed E-state index contributed by atoms with van der Waals surface area (Å²) in [5.41, 5.74) is 3.02. The number of aromatic nitrogens is 4. The highest BCUT2D eigenvalue weighted by atomic mass is 32.1. The van der Waals surface area contributed by atoms with Crippen LogP contribution < -0.4 is 5.32 Å². The number of carbonyl (C=O) groups excluding carboxylic acids is 1. The van der Waals surface area contributed by atoms with Gasteiger partial charge in [0.2, 0.25) is 0 Å². The van der Waals surface area contributed by atoms with Gasteiger partial charge in [-0.1, -0.05) is 30.3 Å². The highest BCUT2D eigenvalue weighted by molar-refractivity contribution is 7.10. The molecular weight excluding hydrogens is 386 g/mol. The van der Waals surface area contributed by atoms with Crippen molar-refractivity contribution in [3.05, 3.63) is 93.4 Å². The van der Waals surface area contributed by atoms with Gasteiger partial charge in [-0.3, -0.25) is 4.79 Å². The summed E-state index contributed by atoms with van der Waals surface area (Å²) < 4.78 is 1.70. The zero-order valence-corrected chi connectivity index (χ0v) is 16.5. The molecule has 0 aliphatic rings. The SMILES string of the molecule is Cc1nnnn1Cc1ccc(C(=O)Nc2ccc(C(O)c3cccs3)cc2)cc1. The number of benzene rings is 2. The van der Waals surface area contributed by atoms with Crippen molar-refractivity contribution in [3.8, 4) is 0 Å². The Labute approximate surface area is 171 Å². The number of amides is 1. The molecule has 1 atom stereocenters. The van der Waals surface area contributed by atoms with Crippen molar-refractivity contribution in [1.82, 2.24) is 20.2 Å². The first kappa shape index (κ1) is 19.0. The fourth-order valence-corrected chi connectivity index (χ4v) is 3.63. The summed E-state index contributed by atoms with van der Waals surface area (Å²) in [7, 11) is 0. The minimum absolute atomic E-state index is 0.193. The summed E-state index contributed by atoms with van der Waals surface area (Å²) in [6.07, 6.45) is -0.656. The molecule has 146 valence electrons. The Morgan fingerprint density at radius 1 is 1.14 bits per heavy atom. The van der Waals surface area contributed by atoms with E-state index < -0.39 is 6.10 Å². The third kappa shape index (κ3) is 4.39. The molecule has 2 aromatic carbocycles. The Morgan fingerprint density at radius 2 is 1.90 bits per heavy atom. The normalized spacial score (nSPS) is 11.9. The van der Waals surface area contributed by atoms with Crippen molar-refractivity contribution in [1.29, 1.82) is 0 Å². The van der Waals surface area contributed by atoms with Gasteiger partial charge < -0.3 is 10.4 Å². The van der Waals surface area contributed by atoms with Gasteiger partial charge in [-0.25, -0.2) is 4.68 Å². The number of aliphatic hydroxyl groups is 1. The number of rotatable bonds is 6. The quantitative estimate of drug-likeness (QED) is 0.513. The van der Waals surface area contributed by atoms with Gasteiger partial charge in [0, 0.05) is 16.1 Å². The number of nitrogens with one attached hydrogen (secondary N) is 1. The molecule has 1 unspecified atom stereocenters. The van der Waals surface area contributed by atoms with Crippen LogP contribution in [-0.2, 0) is 6.54 Å². The van der Waals surface area contributed by atoms with E-state index in [1.54, 1.807) is 28.9 Å². The van der Waals surface area contributed by atoms with E-state index >= 15 is 0 Å². The lowest BCUT2D eigenvalue weighted by atomic mass is 10.1. The van der Waals surface area contributed by atoms with Gasteiger partial charge in [0.15, 0.2) is 0 Å². The summed E-state index contributed by atoms with van der Waals surface area (Å²) in [5.74, 6) is 0.543. The highest BCUT2D eigenvalue weighted by Gasteiger charge is 2.12. The minimum atomic E-state index is -0.656. The Kier molecular flexibility index (Phi) is 5.46. The van der Waals surface area contributed by atoms with Crippen molar-refractivity contribution >= 4 is 22.9 Å². The van der Waals surface area contributed by atoms with Crippen LogP contribution in [0.1, 0.15) is 38.3 Å². The number of tetrazole rings is 1. The Hall–Kier alpha value is -3.36. The first-order chi connectivity index (χ1) is 14.1. The number of thiophene rings is 1. The molecule has 8 heteroatoms. The van der Waals surface area contributed by atoms with Crippen LogP contribution >= 0.6 is 11.3 Å². The highest BCUT2D eigenvalue weighted by Crippen LogP contribution is 2.26. The van der Waals surface area contributed by atoms with Crippen molar-refractivity contribution in [3.63, 3.8) is 0 Å². The molecule has 29 heavy (non-hydrogen) atoms. The fraction of sp³-hybridized carbons (Fsp3) is 0.143. The van der Waals surface area contributed by atoms with Crippen LogP contribution in [-0.4, -0.2) is 31.2 Å². The van der Waals surface area contributed by atoms with Crippen molar-refractivity contribution in [2.45, 2.75) is 19.6 Å². The van der Waals surface area contributed by atoms with Gasteiger partial charge in [-0.2, -0.15) is 0 Å². The van der Waals surface area contributed by atoms with Gasteiger partial charge in [-0.15, -0.1) is 16.4 Å². The molecule has 0 saturated carbocycles. The van der Waals surface area contributed by atoms with Crippen molar-refractivity contribution in [2.75, 3.05) is 5.32 Å². The third-order valence-corrected chi connectivity index (χ3v) is 5.48. The van der Waals surface area contributed by atoms with E-state index in [0.29, 0.717) is 17.8 Å². The second-order valence-electron chi connectivity index (χ2n) is 6.57. The topological polar surface area (TPSA) is 92.9 Å². The summed E-state index contributed by atoms with van der Waals surface area (Å²) in [6.45, 7) is 2.39. The predicted octanol–water partition coefficient (Wildman–Crippen LogP) is 3.43. The standard InChI is InChI=1S/C21H19N5O2S/c1-14-23-24-25-26(14)13-15-4-6-17(7-5-15)21(28)22-18-10-8-16(9-11-18)20(27)19-3-2-12-29-19/h2-12,20,27H,13H2,1H3,(H,22,28). The van der Waals surface area contributed by atoms with Gasteiger partial charge in [0.25, 0.3) is 5.91 Å². The van der Waals surface area contributed by atoms with Crippen molar-refractivity contribution < 1.29 is 9.90 Å². The maximum Gasteiger partial charge on any atom is 0.255 e. The summed E-state index contributed by atoms with van der Waals surface area (Å²) >= 11 is 1.51. The lowest BCUT2D eigenvalue weighted by molar-refractivity contribution is 0.102. The van der Waals surface area contributed by atoms with Crippen LogP contribution in [0, 0.1) is 6.92 Å². The molecule has 0 radical (unpaired) electrons. The largest absolute Gasteiger partial charge is 0.383 e. The van der Waals surface area contributed by atoms with E-state index in [1.165, 1.54) is 11.3 Å². The summed E-state index contributed by atoms with van der Waals surface area (Å²) in [5, 5.41) is 26.6. The van der Waals surface area contributed by atoms with Crippen LogP contribution in [0.3, 0.4) is 0 Å². The van der Waals surface area contributed by atoms with Crippen LogP contribution in [0.25, 0.3) is 0 Å². The molecule has 1 amide bonds. The fourth-order valence-electron chi connectivity index (χ4n) is 2.89. The zero-order valence-electron chi connectivity index (χ0n) is 15.7. The molecule has 2 aromatic heterocycles. The second kappa shape index (κ2) is 8.34. The van der Waals surface area contributed by atoms with Crippen LogP contribution in [0.5, 0.6) is 0 Å². The third-order valence-electron chi connectivity index (χ3n) is 4.56. The van der Waals surface area contributed by atoms with Crippen molar-refractivity contribution in [2.24, 2.45) is 0 Å². The van der Waals surface area contributed by atoms with Crippen LogP contribution in [0.4, 0.5) is 5.69 Å². The molecule has 0 aliphatic carbocycles. The molecule has 0 saturated heterocycles. The maximum absolute atomic E-state index is 12.5. The van der Waals surface area contributed by atoms with E-state index in [9.17, 15) is 9.90 Å². The van der Waals surface area contributed by atoms with Gasteiger partial charge in [-0.05, 0) is 64.2 Å². The molecule has 2 N–H and O–H groups in total. The van der Waals surface area contributed by atoms with Crippen LogP contribution in [0.2, 0.25) is 0 Å². The van der Waals surface area contributed by atoms with Gasteiger partial charge in [0.1, 0.15) is 11.9 Å². The van der Waals surface area contributed by atoms with E-state index in [4.69, 9.17) is 0 Å². The second-order valence-corrected chi connectivity index (χ2v) is 7.55. The summed E-state index contributed by atoms with van der Waals surface area (Å²) in [4.78, 5) is 13.4. The van der Waals surface area contributed by atoms with E-state index in [1.807, 2.05) is 48.7 Å². The smallest absolute Gasteiger partial charge is 0.255 e. The number of aliphatic hydroxyl groups excluding tert-OH is 1. The first-order valence-corrected chi connectivity index (χ1v) is 9.92. The molecule has 0 spiro atoms. The Bertz CT molecular complexity index is 1090. The molecule has 2 heterocycles. The lowest BCUT2D eigenvalue weighted by Crippen LogP contribution is -2.12. The number of anilines is 1. The van der Waals surface area contributed by atoms with Gasteiger partial charge in [0.05, 0.1) is 6.54 Å². The predicted molar refractivity (Wildman–Crippen MR) is 111 cm³/mol. The Morgan fingerprint density at radius 3 is 2.52 bits per heavy atom.